The molecule has 0 saturated carbocycles. The second-order valence-electron chi connectivity index (χ2n) is 4.33. The van der Waals surface area contributed by atoms with Gasteiger partial charge < -0.3 is 5.11 Å². The highest BCUT2D eigenvalue weighted by molar-refractivity contribution is 5.37. The molecule has 1 atom stereocenters. The third-order valence-corrected chi connectivity index (χ3v) is 3.11. The van der Waals surface area contributed by atoms with Crippen molar-refractivity contribution in [1.29, 1.82) is 0 Å². The molecule has 2 heterocycles. The number of nitrogens with one attached hydrogen (secondary N) is 1. The summed E-state index contributed by atoms with van der Waals surface area (Å²) in [5, 5.41) is 19.7. The molecule has 6 nitrogen and oxygen atoms in total. The number of rotatable bonds is 3. The van der Waals surface area contributed by atoms with Gasteiger partial charge in [-0.2, -0.15) is 0 Å². The minimum atomic E-state index is -0.424. The summed E-state index contributed by atoms with van der Waals surface area (Å²) in [5.41, 5.74) is 0.0597. The van der Waals surface area contributed by atoms with Crippen LogP contribution in [0.5, 0.6) is 0 Å². The number of aromatic nitrogens is 1. The van der Waals surface area contributed by atoms with Crippen molar-refractivity contribution in [3.8, 4) is 0 Å². The van der Waals surface area contributed by atoms with Crippen LogP contribution in [-0.4, -0.2) is 29.7 Å². The van der Waals surface area contributed by atoms with Crippen LogP contribution in [0.1, 0.15) is 12.8 Å². The Hall–Kier alpha value is -1.69. The number of pyridine rings is 1. The lowest BCUT2D eigenvalue weighted by molar-refractivity contribution is -0.414. The van der Waals surface area contributed by atoms with Crippen LogP contribution in [0.25, 0.3) is 0 Å². The minimum Gasteiger partial charge on any atom is -0.396 e. The summed E-state index contributed by atoms with van der Waals surface area (Å²) < 4.78 is 0. The largest absolute Gasteiger partial charge is 0.396 e. The maximum atomic E-state index is 10.5. The lowest BCUT2D eigenvalue weighted by Crippen LogP contribution is -2.39. The summed E-state index contributed by atoms with van der Waals surface area (Å²) in [7, 11) is 0. The lowest BCUT2D eigenvalue weighted by Gasteiger charge is -2.26. The number of aromatic amines is 1. The molecule has 0 unspecified atom stereocenters. The van der Waals surface area contributed by atoms with E-state index in [1.165, 1.54) is 12.3 Å². The van der Waals surface area contributed by atoms with Crippen molar-refractivity contribution >= 4 is 11.5 Å². The number of H-pyrrole nitrogens is 1. The van der Waals surface area contributed by atoms with E-state index in [1.54, 1.807) is 6.07 Å². The fourth-order valence-corrected chi connectivity index (χ4v) is 2.15. The second kappa shape index (κ2) is 5.09. The van der Waals surface area contributed by atoms with E-state index in [0.717, 1.165) is 31.7 Å². The van der Waals surface area contributed by atoms with E-state index in [-0.39, 0.29) is 12.3 Å². The molecule has 1 aliphatic rings. The van der Waals surface area contributed by atoms with Crippen molar-refractivity contribution in [3.05, 3.63) is 28.4 Å². The smallest absolute Gasteiger partial charge is 0.308 e. The van der Waals surface area contributed by atoms with Gasteiger partial charge in [-0.15, -0.1) is 0 Å². The Morgan fingerprint density at radius 3 is 3.00 bits per heavy atom. The molecule has 17 heavy (non-hydrogen) atoms. The quantitative estimate of drug-likeness (QED) is 0.618. The molecular weight excluding hydrogens is 222 g/mol. The van der Waals surface area contributed by atoms with Crippen molar-refractivity contribution in [2.75, 3.05) is 24.6 Å². The zero-order valence-corrected chi connectivity index (χ0v) is 9.50. The van der Waals surface area contributed by atoms with Crippen LogP contribution in [0.4, 0.5) is 11.5 Å². The Labute approximate surface area is 99.0 Å². The first kappa shape index (κ1) is 11.8. The summed E-state index contributed by atoms with van der Waals surface area (Å²) >= 11 is 0. The van der Waals surface area contributed by atoms with Crippen molar-refractivity contribution in [2.24, 2.45) is 5.92 Å². The van der Waals surface area contributed by atoms with E-state index in [1.807, 2.05) is 0 Å². The number of piperidine rings is 1. The van der Waals surface area contributed by atoms with Crippen LogP contribution in [0.15, 0.2) is 18.3 Å². The van der Waals surface area contributed by atoms with Gasteiger partial charge in [0.25, 0.3) is 5.82 Å². The molecule has 1 saturated heterocycles. The molecule has 1 aliphatic heterocycles. The third kappa shape index (κ3) is 2.71. The van der Waals surface area contributed by atoms with Gasteiger partial charge in [-0.1, -0.05) is 0 Å². The fraction of sp³-hybridized carbons (Fsp3) is 0.545. The average Bonchev–Trinajstić information content (AvgIpc) is 2.39. The number of hydrogen-bond acceptors (Lipinski definition) is 4. The number of nitro groups is 1. The van der Waals surface area contributed by atoms with Crippen LogP contribution in [0.2, 0.25) is 0 Å². The molecule has 1 aromatic rings. The maximum Gasteiger partial charge on any atom is 0.308 e. The number of anilines is 1. The van der Waals surface area contributed by atoms with Gasteiger partial charge in [-0.25, -0.2) is 4.98 Å². The monoisotopic (exact) mass is 238 g/mol. The molecule has 0 radical (unpaired) electrons. The molecule has 1 aromatic heterocycles. The van der Waals surface area contributed by atoms with Gasteiger partial charge in [0.15, 0.2) is 6.20 Å². The molecule has 6 heteroatoms. The molecule has 92 valence electrons. The highest BCUT2D eigenvalue weighted by atomic mass is 16.6. The number of hydrogen-bond donors (Lipinski definition) is 1. The molecule has 0 amide bonds. The second-order valence-corrected chi connectivity index (χ2v) is 4.33. The first-order chi connectivity index (χ1) is 8.20. The average molecular weight is 238 g/mol. The zero-order chi connectivity index (χ0) is 12.3. The topological polar surface area (TPSA) is 80.8 Å². The number of nitrogens with zero attached hydrogens (tertiary/aromatic N) is 2. The zero-order valence-electron chi connectivity index (χ0n) is 9.50. The Morgan fingerprint density at radius 1 is 1.59 bits per heavy atom. The van der Waals surface area contributed by atoms with Gasteiger partial charge in [-0.3, -0.25) is 15.0 Å². The molecule has 0 spiro atoms. The van der Waals surface area contributed by atoms with E-state index in [2.05, 4.69) is 9.88 Å². The first-order valence-electron chi connectivity index (χ1n) is 5.72. The predicted octanol–water partition coefficient (Wildman–Crippen LogP) is 0.618. The van der Waals surface area contributed by atoms with Crippen molar-refractivity contribution in [2.45, 2.75) is 12.8 Å². The summed E-state index contributed by atoms with van der Waals surface area (Å²) in [6.45, 7) is 1.92. The Kier molecular flexibility index (Phi) is 3.53. The highest BCUT2D eigenvalue weighted by Crippen LogP contribution is 2.20. The van der Waals surface area contributed by atoms with Gasteiger partial charge in [0.2, 0.25) is 0 Å². The molecule has 2 N–H and O–H groups in total. The summed E-state index contributed by atoms with van der Waals surface area (Å²) in [4.78, 5) is 15.2. The minimum absolute atomic E-state index is 0.0597. The molecule has 0 aromatic carbocycles. The number of aliphatic hydroxyl groups excluding tert-OH is 1. The fourth-order valence-electron chi connectivity index (χ4n) is 2.15. The lowest BCUT2D eigenvalue weighted by atomic mass is 9.99. The summed E-state index contributed by atoms with van der Waals surface area (Å²) in [5.74, 6) is 1.17. The van der Waals surface area contributed by atoms with Crippen molar-refractivity contribution < 1.29 is 15.0 Å². The van der Waals surface area contributed by atoms with Gasteiger partial charge >= 0.3 is 5.69 Å². The van der Waals surface area contributed by atoms with Gasteiger partial charge in [-0.05, 0) is 12.8 Å². The first-order valence-corrected chi connectivity index (χ1v) is 5.72. The Morgan fingerprint density at radius 2 is 2.41 bits per heavy atom. The van der Waals surface area contributed by atoms with Crippen LogP contribution >= 0.6 is 0 Å². The van der Waals surface area contributed by atoms with Crippen LogP contribution < -0.4 is 9.88 Å². The van der Waals surface area contributed by atoms with Crippen molar-refractivity contribution in [1.82, 2.24) is 0 Å². The molecule has 0 bridgehead atoms. The van der Waals surface area contributed by atoms with E-state index < -0.39 is 4.92 Å². The van der Waals surface area contributed by atoms with E-state index >= 15 is 0 Å². The van der Waals surface area contributed by atoms with Crippen LogP contribution in [0, 0.1) is 16.0 Å². The Bertz CT molecular complexity index is 393. The van der Waals surface area contributed by atoms with Crippen LogP contribution in [0.3, 0.4) is 0 Å². The number of aliphatic hydroxyl groups is 1. The molecular formula is C11H16N3O3+. The SMILES string of the molecule is O=[N+]([O-])c1ccc(N2CCC[C@H](CO)C2)[nH+]c1. The van der Waals surface area contributed by atoms with Gasteiger partial charge in [0.1, 0.15) is 0 Å². The van der Waals surface area contributed by atoms with E-state index in [4.69, 9.17) is 5.11 Å². The van der Waals surface area contributed by atoms with Gasteiger partial charge in [0, 0.05) is 24.7 Å². The van der Waals surface area contributed by atoms with E-state index in [0.29, 0.717) is 5.92 Å². The Balaban J connectivity index is 2.08. The third-order valence-electron chi connectivity index (χ3n) is 3.11. The summed E-state index contributed by atoms with van der Waals surface area (Å²) in [6, 6.07) is 3.21. The predicted molar refractivity (Wildman–Crippen MR) is 61.7 cm³/mol. The normalized spacial score (nSPS) is 20.3. The molecule has 2 rings (SSSR count). The van der Waals surface area contributed by atoms with Crippen LogP contribution in [-0.2, 0) is 0 Å². The standard InChI is InChI=1S/C11H15N3O3/c15-8-9-2-1-5-13(7-9)11-4-3-10(6-12-11)14(16)17/h3-4,6,9,15H,1-2,5,7-8H2/p+1/t9-/m0/s1. The van der Waals surface area contributed by atoms with E-state index in [9.17, 15) is 10.1 Å². The highest BCUT2D eigenvalue weighted by Gasteiger charge is 2.25. The molecule has 0 aliphatic carbocycles. The van der Waals surface area contributed by atoms with Gasteiger partial charge in [0.05, 0.1) is 18.0 Å². The maximum absolute atomic E-state index is 10.5. The van der Waals surface area contributed by atoms with Crippen molar-refractivity contribution in [3.63, 3.8) is 0 Å². The summed E-state index contributed by atoms with van der Waals surface area (Å²) in [6.07, 6.45) is 3.48. The molecule has 1 fully saturated rings.